The number of nitrogens with zero attached hydrogens (tertiary/aromatic N) is 1. The highest BCUT2D eigenvalue weighted by Gasteiger charge is 2.41. The Morgan fingerprint density at radius 1 is 1.24 bits per heavy atom. The fraction of sp³-hybridized carbons (Fsp3) is 0.529. The van der Waals surface area contributed by atoms with Gasteiger partial charge in [0.1, 0.15) is 0 Å². The standard InChI is InChI=1S/C17H21NO3/c1-10-5-6-11(2)14-13(10)15(19)16(20)18(14)9-12-7-8-17(3,4)21-12/h5-6,12H,7-9H2,1-4H3. The van der Waals surface area contributed by atoms with E-state index >= 15 is 0 Å². The number of aryl methyl sites for hydroxylation is 2. The number of amides is 1. The van der Waals surface area contributed by atoms with Gasteiger partial charge in [0, 0.05) is 0 Å². The Bertz CT molecular complexity index is 633. The molecular formula is C17H21NO3. The number of carbonyl (C=O) groups excluding carboxylic acids is 2. The van der Waals surface area contributed by atoms with Gasteiger partial charge in [-0.25, -0.2) is 0 Å². The summed E-state index contributed by atoms with van der Waals surface area (Å²) in [6.45, 7) is 8.41. The molecule has 2 heterocycles. The van der Waals surface area contributed by atoms with Gasteiger partial charge < -0.3 is 9.64 Å². The molecule has 4 heteroatoms. The molecule has 1 unspecified atom stereocenters. The van der Waals surface area contributed by atoms with Crippen molar-refractivity contribution >= 4 is 17.4 Å². The molecule has 0 N–H and O–H groups in total. The molecule has 0 aromatic heterocycles. The van der Waals surface area contributed by atoms with Gasteiger partial charge in [-0.05, 0) is 51.7 Å². The fourth-order valence-corrected chi connectivity index (χ4v) is 3.35. The summed E-state index contributed by atoms with van der Waals surface area (Å²) in [5.41, 5.74) is 3.04. The summed E-state index contributed by atoms with van der Waals surface area (Å²) in [5, 5.41) is 0. The van der Waals surface area contributed by atoms with E-state index in [-0.39, 0.29) is 17.5 Å². The number of benzene rings is 1. The lowest BCUT2D eigenvalue weighted by Gasteiger charge is -2.24. The van der Waals surface area contributed by atoms with Crippen LogP contribution in [0.1, 0.15) is 48.2 Å². The predicted molar refractivity (Wildman–Crippen MR) is 80.8 cm³/mol. The van der Waals surface area contributed by atoms with E-state index in [1.807, 2.05) is 26.0 Å². The van der Waals surface area contributed by atoms with E-state index in [0.29, 0.717) is 12.1 Å². The first-order valence-electron chi connectivity index (χ1n) is 7.44. The van der Waals surface area contributed by atoms with Gasteiger partial charge in [-0.15, -0.1) is 0 Å². The molecule has 21 heavy (non-hydrogen) atoms. The summed E-state index contributed by atoms with van der Waals surface area (Å²) in [6.07, 6.45) is 1.90. The lowest BCUT2D eigenvalue weighted by atomic mass is 10.0. The van der Waals surface area contributed by atoms with Gasteiger partial charge in [-0.1, -0.05) is 12.1 Å². The van der Waals surface area contributed by atoms with Crippen LogP contribution in [-0.2, 0) is 9.53 Å². The highest BCUT2D eigenvalue weighted by atomic mass is 16.5. The van der Waals surface area contributed by atoms with Gasteiger partial charge >= 0.3 is 0 Å². The zero-order valence-electron chi connectivity index (χ0n) is 13.0. The first kappa shape index (κ1) is 14.3. The monoisotopic (exact) mass is 287 g/mol. The van der Waals surface area contributed by atoms with Gasteiger partial charge in [0.15, 0.2) is 0 Å². The van der Waals surface area contributed by atoms with Crippen LogP contribution in [0.2, 0.25) is 0 Å². The van der Waals surface area contributed by atoms with Crippen molar-refractivity contribution in [3.05, 3.63) is 28.8 Å². The van der Waals surface area contributed by atoms with Crippen LogP contribution in [0.3, 0.4) is 0 Å². The van der Waals surface area contributed by atoms with Crippen molar-refractivity contribution in [3.63, 3.8) is 0 Å². The molecule has 1 atom stereocenters. The molecule has 0 spiro atoms. The predicted octanol–water partition coefficient (Wildman–Crippen LogP) is 2.79. The first-order chi connectivity index (χ1) is 9.80. The second-order valence-electron chi connectivity index (χ2n) is 6.71. The smallest absolute Gasteiger partial charge is 0.299 e. The Labute approximate surface area is 125 Å². The van der Waals surface area contributed by atoms with Crippen molar-refractivity contribution in [1.29, 1.82) is 0 Å². The van der Waals surface area contributed by atoms with Crippen molar-refractivity contribution in [3.8, 4) is 0 Å². The summed E-state index contributed by atoms with van der Waals surface area (Å²) >= 11 is 0. The minimum absolute atomic E-state index is 0.00242. The SMILES string of the molecule is Cc1ccc(C)c2c1C(=O)C(=O)N2CC1CCC(C)(C)O1. The van der Waals surface area contributed by atoms with E-state index in [1.54, 1.807) is 4.90 Å². The van der Waals surface area contributed by atoms with Crippen LogP contribution >= 0.6 is 0 Å². The van der Waals surface area contributed by atoms with E-state index < -0.39 is 5.91 Å². The van der Waals surface area contributed by atoms with E-state index in [1.165, 1.54) is 0 Å². The van der Waals surface area contributed by atoms with E-state index in [2.05, 4.69) is 13.8 Å². The van der Waals surface area contributed by atoms with Crippen LogP contribution < -0.4 is 4.90 Å². The Balaban J connectivity index is 1.93. The number of carbonyl (C=O) groups is 2. The topological polar surface area (TPSA) is 46.6 Å². The third kappa shape index (κ3) is 2.27. The number of rotatable bonds is 2. The van der Waals surface area contributed by atoms with Crippen LogP contribution in [-0.4, -0.2) is 29.9 Å². The molecule has 4 nitrogen and oxygen atoms in total. The maximum Gasteiger partial charge on any atom is 0.299 e. The molecule has 0 bridgehead atoms. The van der Waals surface area contributed by atoms with Crippen LogP contribution in [0.4, 0.5) is 5.69 Å². The number of anilines is 1. The van der Waals surface area contributed by atoms with Crippen molar-refractivity contribution in [2.24, 2.45) is 0 Å². The minimum Gasteiger partial charge on any atom is -0.370 e. The van der Waals surface area contributed by atoms with Gasteiger partial charge in [0.25, 0.3) is 11.7 Å². The summed E-state index contributed by atoms with van der Waals surface area (Å²) in [5.74, 6) is -0.806. The van der Waals surface area contributed by atoms with Gasteiger partial charge in [-0.3, -0.25) is 9.59 Å². The maximum absolute atomic E-state index is 12.3. The molecule has 0 aliphatic carbocycles. The number of hydrogen-bond acceptors (Lipinski definition) is 3. The Morgan fingerprint density at radius 2 is 1.90 bits per heavy atom. The molecule has 112 valence electrons. The molecule has 1 aromatic rings. The lowest BCUT2D eigenvalue weighted by molar-refractivity contribution is -0.114. The van der Waals surface area contributed by atoms with Crippen LogP contribution in [0.25, 0.3) is 0 Å². The molecule has 1 amide bonds. The highest BCUT2D eigenvalue weighted by Crippen LogP contribution is 2.37. The molecule has 2 aliphatic heterocycles. The number of Topliss-reactive ketones (excluding diaryl/α,β-unsaturated/α-hetero) is 1. The molecule has 3 rings (SSSR count). The lowest BCUT2D eigenvalue weighted by Crippen LogP contribution is -2.37. The van der Waals surface area contributed by atoms with Crippen LogP contribution in [0.5, 0.6) is 0 Å². The number of hydrogen-bond donors (Lipinski definition) is 0. The number of fused-ring (bicyclic) bond motifs is 1. The summed E-state index contributed by atoms with van der Waals surface area (Å²) in [4.78, 5) is 26.2. The molecular weight excluding hydrogens is 266 g/mol. The second-order valence-corrected chi connectivity index (χ2v) is 6.71. The summed E-state index contributed by atoms with van der Waals surface area (Å²) in [7, 11) is 0. The molecule has 1 saturated heterocycles. The van der Waals surface area contributed by atoms with Crippen molar-refractivity contribution < 1.29 is 14.3 Å². The van der Waals surface area contributed by atoms with Crippen molar-refractivity contribution in [1.82, 2.24) is 0 Å². The number of ketones is 1. The maximum atomic E-state index is 12.3. The zero-order valence-corrected chi connectivity index (χ0v) is 13.0. The normalized spacial score (nSPS) is 23.8. The molecule has 2 aliphatic rings. The zero-order chi connectivity index (χ0) is 15.4. The average Bonchev–Trinajstić information content (AvgIpc) is 2.87. The molecule has 0 saturated carbocycles. The highest BCUT2D eigenvalue weighted by molar-refractivity contribution is 6.52. The van der Waals surface area contributed by atoms with E-state index in [9.17, 15) is 9.59 Å². The average molecular weight is 287 g/mol. The summed E-state index contributed by atoms with van der Waals surface area (Å²) < 4.78 is 5.97. The Hall–Kier alpha value is -1.68. The Kier molecular flexibility index (Phi) is 3.17. The summed E-state index contributed by atoms with van der Waals surface area (Å²) in [6, 6.07) is 3.87. The van der Waals surface area contributed by atoms with Crippen molar-refractivity contribution in [2.75, 3.05) is 11.4 Å². The third-order valence-electron chi connectivity index (χ3n) is 4.46. The first-order valence-corrected chi connectivity index (χ1v) is 7.44. The van der Waals surface area contributed by atoms with Crippen molar-refractivity contribution in [2.45, 2.75) is 52.2 Å². The molecule has 1 fully saturated rings. The van der Waals surface area contributed by atoms with E-state index in [0.717, 1.165) is 29.7 Å². The fourth-order valence-electron chi connectivity index (χ4n) is 3.35. The number of ether oxygens (including phenoxy) is 1. The van der Waals surface area contributed by atoms with Gasteiger partial charge in [0.2, 0.25) is 0 Å². The quantitative estimate of drug-likeness (QED) is 0.786. The van der Waals surface area contributed by atoms with Crippen LogP contribution in [0.15, 0.2) is 12.1 Å². The third-order valence-corrected chi connectivity index (χ3v) is 4.46. The molecule has 0 radical (unpaired) electrons. The van der Waals surface area contributed by atoms with Crippen LogP contribution in [0, 0.1) is 13.8 Å². The van der Waals surface area contributed by atoms with E-state index in [4.69, 9.17) is 4.74 Å². The molecule has 1 aromatic carbocycles. The van der Waals surface area contributed by atoms with Gasteiger partial charge in [-0.2, -0.15) is 0 Å². The minimum atomic E-state index is -0.421. The van der Waals surface area contributed by atoms with Gasteiger partial charge in [0.05, 0.1) is 29.5 Å². The Morgan fingerprint density at radius 3 is 2.52 bits per heavy atom. The largest absolute Gasteiger partial charge is 0.370 e. The second kappa shape index (κ2) is 4.67.